The van der Waals surface area contributed by atoms with E-state index in [4.69, 9.17) is 9.73 Å². The van der Waals surface area contributed by atoms with Crippen molar-refractivity contribution < 1.29 is 4.74 Å². The summed E-state index contributed by atoms with van der Waals surface area (Å²) in [6.45, 7) is 13.3. The second-order valence-electron chi connectivity index (χ2n) is 6.96. The molecule has 0 aliphatic rings. The summed E-state index contributed by atoms with van der Waals surface area (Å²) < 4.78 is 5.32. The fourth-order valence-electron chi connectivity index (χ4n) is 1.97. The molecule has 1 unspecified atom stereocenters. The molecule has 1 heterocycles. The highest BCUT2D eigenvalue weighted by molar-refractivity contribution is 14.0. The number of thiazole rings is 1. The molecule has 1 aromatic heterocycles. The quantitative estimate of drug-likeness (QED) is 0.368. The van der Waals surface area contributed by atoms with Crippen molar-refractivity contribution in [2.45, 2.75) is 53.7 Å². The Morgan fingerprint density at radius 3 is 2.67 bits per heavy atom. The Bertz CT molecular complexity index is 499. The van der Waals surface area contributed by atoms with Gasteiger partial charge in [-0.25, -0.2) is 4.98 Å². The van der Waals surface area contributed by atoms with Gasteiger partial charge in [-0.15, -0.1) is 35.3 Å². The van der Waals surface area contributed by atoms with Crippen molar-refractivity contribution >= 4 is 41.3 Å². The molecule has 0 saturated heterocycles. The number of hydrogen-bond acceptors (Lipinski definition) is 4. The maximum Gasteiger partial charge on any atom is 0.194 e. The predicted octanol–water partition coefficient (Wildman–Crippen LogP) is 4.30. The molecule has 0 amide bonds. The number of rotatable bonds is 7. The first kappa shape index (κ1) is 23.6. The van der Waals surface area contributed by atoms with Gasteiger partial charge in [0.25, 0.3) is 0 Å². The van der Waals surface area contributed by atoms with E-state index in [0.717, 1.165) is 42.7 Å². The van der Waals surface area contributed by atoms with Gasteiger partial charge in [0.15, 0.2) is 5.96 Å². The predicted molar refractivity (Wildman–Crippen MR) is 114 cm³/mol. The van der Waals surface area contributed by atoms with Crippen molar-refractivity contribution in [1.82, 2.24) is 15.2 Å². The highest BCUT2D eigenvalue weighted by Crippen LogP contribution is 2.21. The number of guanidine groups is 1. The molecule has 140 valence electrons. The van der Waals surface area contributed by atoms with E-state index in [0.29, 0.717) is 5.41 Å². The van der Waals surface area contributed by atoms with Gasteiger partial charge in [0.1, 0.15) is 11.1 Å². The molecule has 0 aliphatic carbocycles. The lowest BCUT2D eigenvalue weighted by Crippen LogP contribution is -2.38. The van der Waals surface area contributed by atoms with Gasteiger partial charge in [-0.05, 0) is 25.7 Å². The number of methoxy groups -OCH3 is 1. The third kappa shape index (κ3) is 8.62. The number of nitrogens with one attached hydrogen (secondary N) is 1. The average Bonchev–Trinajstić information content (AvgIpc) is 2.92. The molecule has 1 N–H and O–H groups in total. The SMILES string of the molecule is CCNC(=NCCC(C)(C)C)N(C)Cc1csc(C(C)OC)n1.I. The van der Waals surface area contributed by atoms with Crippen LogP contribution in [0.4, 0.5) is 0 Å². The van der Waals surface area contributed by atoms with Crippen LogP contribution in [0.25, 0.3) is 0 Å². The summed E-state index contributed by atoms with van der Waals surface area (Å²) in [4.78, 5) is 11.5. The van der Waals surface area contributed by atoms with Crippen LogP contribution in [0, 0.1) is 5.41 Å². The lowest BCUT2D eigenvalue weighted by Gasteiger charge is -2.22. The van der Waals surface area contributed by atoms with Gasteiger partial charge in [0, 0.05) is 32.6 Å². The van der Waals surface area contributed by atoms with Gasteiger partial charge >= 0.3 is 0 Å². The number of ether oxygens (including phenoxy) is 1. The third-order valence-corrected chi connectivity index (χ3v) is 4.54. The van der Waals surface area contributed by atoms with Crippen LogP contribution in [0.15, 0.2) is 10.4 Å². The first-order chi connectivity index (χ1) is 10.8. The number of hydrogen-bond donors (Lipinski definition) is 1. The minimum Gasteiger partial charge on any atom is -0.375 e. The van der Waals surface area contributed by atoms with Crippen LogP contribution in [-0.4, -0.2) is 43.1 Å². The van der Waals surface area contributed by atoms with E-state index in [1.54, 1.807) is 18.4 Å². The number of halogens is 1. The normalized spacial score (nSPS) is 13.4. The Morgan fingerprint density at radius 2 is 2.12 bits per heavy atom. The van der Waals surface area contributed by atoms with Crippen molar-refractivity contribution in [3.05, 3.63) is 16.1 Å². The van der Waals surface area contributed by atoms with Crippen molar-refractivity contribution in [2.24, 2.45) is 10.4 Å². The molecule has 0 bridgehead atoms. The van der Waals surface area contributed by atoms with Crippen LogP contribution in [0.1, 0.15) is 57.8 Å². The molecule has 0 saturated carbocycles. The second-order valence-corrected chi connectivity index (χ2v) is 7.85. The summed E-state index contributed by atoms with van der Waals surface area (Å²) >= 11 is 1.65. The summed E-state index contributed by atoms with van der Waals surface area (Å²) in [6, 6.07) is 0. The molecule has 0 radical (unpaired) electrons. The number of aliphatic imine (C=N–C) groups is 1. The largest absolute Gasteiger partial charge is 0.375 e. The van der Waals surface area contributed by atoms with Crippen LogP contribution in [-0.2, 0) is 11.3 Å². The van der Waals surface area contributed by atoms with Crippen LogP contribution < -0.4 is 5.32 Å². The zero-order valence-electron chi connectivity index (χ0n) is 16.0. The Balaban J connectivity index is 0.00000529. The molecular weight excluding hydrogens is 435 g/mol. The standard InChI is InChI=1S/C17H32N4OS.HI/c1-8-18-16(19-10-9-17(3,4)5)21(6)11-14-12-23-15(20-14)13(2)22-7;/h12-13H,8-11H2,1-7H3,(H,18,19);1H. The second kappa shape index (κ2) is 11.3. The van der Waals surface area contributed by atoms with Gasteiger partial charge in [0.05, 0.1) is 12.2 Å². The van der Waals surface area contributed by atoms with Crippen molar-refractivity contribution in [3.8, 4) is 0 Å². The molecule has 1 aromatic rings. The van der Waals surface area contributed by atoms with Crippen molar-refractivity contribution in [2.75, 3.05) is 27.2 Å². The maximum absolute atomic E-state index is 5.32. The zero-order chi connectivity index (χ0) is 17.5. The summed E-state index contributed by atoms with van der Waals surface area (Å²) in [7, 11) is 3.76. The summed E-state index contributed by atoms with van der Waals surface area (Å²) in [5.41, 5.74) is 1.36. The Hall–Kier alpha value is -0.410. The van der Waals surface area contributed by atoms with Gasteiger partial charge in [0.2, 0.25) is 0 Å². The van der Waals surface area contributed by atoms with Crippen LogP contribution >= 0.6 is 35.3 Å². The van der Waals surface area contributed by atoms with E-state index >= 15 is 0 Å². The number of aromatic nitrogens is 1. The number of nitrogens with zero attached hydrogens (tertiary/aromatic N) is 3. The molecule has 0 aromatic carbocycles. The summed E-state index contributed by atoms with van der Waals surface area (Å²) in [6.07, 6.45) is 1.12. The Morgan fingerprint density at radius 1 is 1.46 bits per heavy atom. The zero-order valence-corrected chi connectivity index (χ0v) is 19.2. The van der Waals surface area contributed by atoms with Gasteiger partial charge in [-0.3, -0.25) is 4.99 Å². The lowest BCUT2D eigenvalue weighted by molar-refractivity contribution is 0.119. The highest BCUT2D eigenvalue weighted by atomic mass is 127. The van der Waals surface area contributed by atoms with Crippen LogP contribution in [0.3, 0.4) is 0 Å². The maximum atomic E-state index is 5.32. The molecule has 7 heteroatoms. The first-order valence-corrected chi connectivity index (χ1v) is 9.11. The molecule has 0 fully saturated rings. The van der Waals surface area contributed by atoms with Crippen LogP contribution in [0.2, 0.25) is 0 Å². The molecule has 1 atom stereocenters. The lowest BCUT2D eigenvalue weighted by atomic mass is 9.92. The van der Waals surface area contributed by atoms with E-state index in [2.05, 4.69) is 55.3 Å². The summed E-state index contributed by atoms with van der Waals surface area (Å²) in [5, 5.41) is 6.47. The first-order valence-electron chi connectivity index (χ1n) is 8.23. The Labute approximate surface area is 168 Å². The molecule has 0 aliphatic heterocycles. The van der Waals surface area contributed by atoms with E-state index < -0.39 is 0 Å². The molecule has 24 heavy (non-hydrogen) atoms. The Kier molecular flexibility index (Phi) is 11.1. The minimum absolute atomic E-state index is 0. The van der Waals surface area contributed by atoms with E-state index in [1.165, 1.54) is 0 Å². The highest BCUT2D eigenvalue weighted by Gasteiger charge is 2.13. The van der Waals surface area contributed by atoms with Crippen molar-refractivity contribution in [3.63, 3.8) is 0 Å². The van der Waals surface area contributed by atoms with Gasteiger partial charge in [-0.2, -0.15) is 0 Å². The topological polar surface area (TPSA) is 49.8 Å². The molecular formula is C17H33IN4OS. The molecule has 0 spiro atoms. The fraction of sp³-hybridized carbons (Fsp3) is 0.765. The fourth-order valence-corrected chi connectivity index (χ4v) is 2.81. The van der Waals surface area contributed by atoms with Gasteiger partial charge in [-0.1, -0.05) is 20.8 Å². The van der Waals surface area contributed by atoms with Gasteiger partial charge < -0.3 is 15.0 Å². The molecule has 5 nitrogen and oxygen atoms in total. The van der Waals surface area contributed by atoms with E-state index in [9.17, 15) is 0 Å². The van der Waals surface area contributed by atoms with Crippen molar-refractivity contribution in [1.29, 1.82) is 0 Å². The minimum atomic E-state index is 0. The summed E-state index contributed by atoms with van der Waals surface area (Å²) in [5.74, 6) is 0.936. The van der Waals surface area contributed by atoms with Crippen LogP contribution in [0.5, 0.6) is 0 Å². The smallest absolute Gasteiger partial charge is 0.194 e. The average molecular weight is 468 g/mol. The van der Waals surface area contributed by atoms with E-state index in [-0.39, 0.29) is 30.1 Å². The van der Waals surface area contributed by atoms with E-state index in [1.807, 2.05) is 6.92 Å². The third-order valence-electron chi connectivity index (χ3n) is 3.49. The molecule has 1 rings (SSSR count). The monoisotopic (exact) mass is 468 g/mol.